The Kier molecular flexibility index (Phi) is 5.60. The molecule has 6 heteroatoms. The van der Waals surface area contributed by atoms with Gasteiger partial charge in [-0.15, -0.1) is 0 Å². The molecule has 108 valence electrons. The van der Waals surface area contributed by atoms with Gasteiger partial charge in [0.15, 0.2) is 0 Å². The number of rotatable bonds is 6. The standard InChI is InChI=1S/C13H17F4NO/c1-3-18-7-9(2)8-19-10-4-5-12(14)11(6-10)13(15,16)17/h4-6,9,18H,3,7-8H2,1-2H3. The number of ether oxygens (including phenoxy) is 1. The molecular weight excluding hydrogens is 262 g/mol. The van der Waals surface area contributed by atoms with E-state index >= 15 is 0 Å². The molecule has 0 bridgehead atoms. The van der Waals surface area contributed by atoms with Gasteiger partial charge in [0.1, 0.15) is 11.6 Å². The molecule has 1 rings (SSSR count). The number of halogens is 4. The molecule has 0 saturated heterocycles. The zero-order valence-corrected chi connectivity index (χ0v) is 10.9. The molecule has 0 spiro atoms. The summed E-state index contributed by atoms with van der Waals surface area (Å²) in [6.07, 6.45) is -4.71. The Morgan fingerprint density at radius 3 is 2.58 bits per heavy atom. The minimum atomic E-state index is -4.71. The number of benzene rings is 1. The van der Waals surface area contributed by atoms with Gasteiger partial charge in [0.25, 0.3) is 0 Å². The van der Waals surface area contributed by atoms with E-state index in [9.17, 15) is 17.6 Å². The summed E-state index contributed by atoms with van der Waals surface area (Å²) in [5, 5.41) is 3.11. The summed E-state index contributed by atoms with van der Waals surface area (Å²) in [5.74, 6) is -1.11. The van der Waals surface area contributed by atoms with Crippen LogP contribution < -0.4 is 10.1 Å². The molecule has 0 aromatic heterocycles. The molecule has 0 heterocycles. The van der Waals surface area contributed by atoms with E-state index < -0.39 is 17.6 Å². The Bertz CT molecular complexity index is 406. The second-order valence-corrected chi connectivity index (χ2v) is 4.36. The zero-order chi connectivity index (χ0) is 14.5. The van der Waals surface area contributed by atoms with Crippen molar-refractivity contribution in [2.24, 2.45) is 5.92 Å². The van der Waals surface area contributed by atoms with Crippen LogP contribution in [-0.2, 0) is 6.18 Å². The molecule has 19 heavy (non-hydrogen) atoms. The van der Waals surface area contributed by atoms with E-state index in [1.807, 2.05) is 13.8 Å². The van der Waals surface area contributed by atoms with Crippen LogP contribution in [0.1, 0.15) is 19.4 Å². The highest BCUT2D eigenvalue weighted by molar-refractivity contribution is 5.31. The van der Waals surface area contributed by atoms with Crippen LogP contribution >= 0.6 is 0 Å². The maximum atomic E-state index is 13.0. The minimum Gasteiger partial charge on any atom is -0.493 e. The van der Waals surface area contributed by atoms with Gasteiger partial charge >= 0.3 is 6.18 Å². The lowest BCUT2D eigenvalue weighted by Crippen LogP contribution is -2.24. The maximum Gasteiger partial charge on any atom is 0.419 e. The lowest BCUT2D eigenvalue weighted by Gasteiger charge is -2.15. The fraction of sp³-hybridized carbons (Fsp3) is 0.538. The third kappa shape index (κ3) is 5.06. The average molecular weight is 279 g/mol. The lowest BCUT2D eigenvalue weighted by atomic mass is 10.2. The second kappa shape index (κ2) is 6.75. The summed E-state index contributed by atoms with van der Waals surface area (Å²) in [6.45, 7) is 5.68. The van der Waals surface area contributed by atoms with E-state index in [0.29, 0.717) is 12.6 Å². The largest absolute Gasteiger partial charge is 0.493 e. The van der Waals surface area contributed by atoms with E-state index in [4.69, 9.17) is 4.74 Å². The highest BCUT2D eigenvalue weighted by Crippen LogP contribution is 2.33. The van der Waals surface area contributed by atoms with Gasteiger partial charge in [-0.2, -0.15) is 13.2 Å². The summed E-state index contributed by atoms with van der Waals surface area (Å²) in [4.78, 5) is 0. The maximum absolute atomic E-state index is 13.0. The van der Waals surface area contributed by atoms with Crippen LogP contribution in [-0.4, -0.2) is 19.7 Å². The highest BCUT2D eigenvalue weighted by atomic mass is 19.4. The van der Waals surface area contributed by atoms with Gasteiger partial charge in [-0.05, 0) is 24.7 Å². The first-order valence-electron chi connectivity index (χ1n) is 6.04. The van der Waals surface area contributed by atoms with Crippen LogP contribution in [0.4, 0.5) is 17.6 Å². The van der Waals surface area contributed by atoms with Crippen LogP contribution in [0.25, 0.3) is 0 Å². The summed E-state index contributed by atoms with van der Waals surface area (Å²) in [6, 6.07) is 2.66. The molecule has 0 aliphatic carbocycles. The van der Waals surface area contributed by atoms with Crippen molar-refractivity contribution in [3.8, 4) is 5.75 Å². The van der Waals surface area contributed by atoms with Crippen LogP contribution in [0.15, 0.2) is 18.2 Å². The van der Waals surface area contributed by atoms with Gasteiger partial charge in [0.05, 0.1) is 12.2 Å². The molecule has 0 saturated carbocycles. The van der Waals surface area contributed by atoms with Gasteiger partial charge in [-0.25, -0.2) is 4.39 Å². The van der Waals surface area contributed by atoms with Gasteiger partial charge in [0.2, 0.25) is 0 Å². The third-order valence-corrected chi connectivity index (χ3v) is 2.52. The molecule has 0 aliphatic rings. The molecule has 0 radical (unpaired) electrons. The number of hydrogen-bond acceptors (Lipinski definition) is 2. The SMILES string of the molecule is CCNCC(C)COc1ccc(F)c(C(F)(F)F)c1. The Morgan fingerprint density at radius 1 is 1.32 bits per heavy atom. The van der Waals surface area contributed by atoms with Crippen LogP contribution in [0, 0.1) is 11.7 Å². The Labute approximate surface area is 109 Å². The van der Waals surface area contributed by atoms with Crippen molar-refractivity contribution in [1.82, 2.24) is 5.32 Å². The van der Waals surface area contributed by atoms with Gasteiger partial charge in [0, 0.05) is 12.5 Å². The van der Waals surface area contributed by atoms with Crippen molar-refractivity contribution in [2.75, 3.05) is 19.7 Å². The topological polar surface area (TPSA) is 21.3 Å². The third-order valence-electron chi connectivity index (χ3n) is 2.52. The monoisotopic (exact) mass is 279 g/mol. The first kappa shape index (κ1) is 15.8. The molecule has 0 aliphatic heterocycles. The minimum absolute atomic E-state index is 0.0251. The van der Waals surface area contributed by atoms with Gasteiger partial charge in [-0.3, -0.25) is 0 Å². The van der Waals surface area contributed by atoms with Crippen molar-refractivity contribution in [3.63, 3.8) is 0 Å². The van der Waals surface area contributed by atoms with E-state index in [1.165, 1.54) is 6.07 Å². The molecule has 1 N–H and O–H groups in total. The Balaban J connectivity index is 2.65. The number of nitrogens with one attached hydrogen (secondary N) is 1. The van der Waals surface area contributed by atoms with E-state index in [-0.39, 0.29) is 18.3 Å². The molecule has 1 unspecified atom stereocenters. The summed E-state index contributed by atoms with van der Waals surface area (Å²) < 4.78 is 55.8. The van der Waals surface area contributed by atoms with Crippen molar-refractivity contribution in [2.45, 2.75) is 20.0 Å². The van der Waals surface area contributed by atoms with Crippen molar-refractivity contribution in [3.05, 3.63) is 29.6 Å². The Hall–Kier alpha value is -1.30. The number of hydrogen-bond donors (Lipinski definition) is 1. The fourth-order valence-corrected chi connectivity index (χ4v) is 1.50. The predicted molar refractivity (Wildman–Crippen MR) is 64.6 cm³/mol. The summed E-state index contributed by atoms with van der Waals surface area (Å²) >= 11 is 0. The van der Waals surface area contributed by atoms with E-state index in [1.54, 1.807) is 0 Å². The molecule has 0 fully saturated rings. The fourth-order valence-electron chi connectivity index (χ4n) is 1.50. The first-order chi connectivity index (χ1) is 8.84. The summed E-state index contributed by atoms with van der Waals surface area (Å²) in [5.41, 5.74) is -1.30. The lowest BCUT2D eigenvalue weighted by molar-refractivity contribution is -0.140. The molecule has 1 aromatic rings. The highest BCUT2D eigenvalue weighted by Gasteiger charge is 2.34. The molecule has 0 amide bonds. The van der Waals surface area contributed by atoms with Crippen molar-refractivity contribution in [1.29, 1.82) is 0 Å². The first-order valence-corrected chi connectivity index (χ1v) is 6.04. The molecular formula is C13H17F4NO. The quantitative estimate of drug-likeness (QED) is 0.805. The van der Waals surface area contributed by atoms with Crippen molar-refractivity contribution >= 4 is 0 Å². The van der Waals surface area contributed by atoms with Crippen LogP contribution in [0.3, 0.4) is 0 Å². The average Bonchev–Trinajstić information content (AvgIpc) is 2.34. The van der Waals surface area contributed by atoms with Crippen molar-refractivity contribution < 1.29 is 22.3 Å². The van der Waals surface area contributed by atoms with Gasteiger partial charge in [-0.1, -0.05) is 13.8 Å². The zero-order valence-electron chi connectivity index (χ0n) is 10.9. The molecule has 1 aromatic carbocycles. The van der Waals surface area contributed by atoms with E-state index in [0.717, 1.165) is 12.6 Å². The normalized spacial score (nSPS) is 13.4. The second-order valence-electron chi connectivity index (χ2n) is 4.36. The Morgan fingerprint density at radius 2 is 2.00 bits per heavy atom. The van der Waals surface area contributed by atoms with Gasteiger partial charge < -0.3 is 10.1 Å². The number of alkyl halides is 3. The molecule has 2 nitrogen and oxygen atoms in total. The smallest absolute Gasteiger partial charge is 0.419 e. The predicted octanol–water partition coefficient (Wildman–Crippen LogP) is 3.47. The summed E-state index contributed by atoms with van der Waals surface area (Å²) in [7, 11) is 0. The van der Waals surface area contributed by atoms with E-state index in [2.05, 4.69) is 5.32 Å². The molecule has 1 atom stereocenters. The van der Waals surface area contributed by atoms with Crippen LogP contribution in [0.2, 0.25) is 0 Å². The van der Waals surface area contributed by atoms with Crippen LogP contribution in [0.5, 0.6) is 5.75 Å².